The highest BCUT2D eigenvalue weighted by atomic mass is 19.1. The molecule has 2 atom stereocenters. The van der Waals surface area contributed by atoms with Crippen LogP contribution >= 0.6 is 0 Å². The Labute approximate surface area is 134 Å². The van der Waals surface area contributed by atoms with E-state index in [0.29, 0.717) is 25.1 Å². The first-order chi connectivity index (χ1) is 11.0. The first-order valence-corrected chi connectivity index (χ1v) is 7.44. The van der Waals surface area contributed by atoms with E-state index in [0.717, 1.165) is 0 Å². The average Bonchev–Trinajstić information content (AvgIpc) is 2.55. The predicted molar refractivity (Wildman–Crippen MR) is 81.2 cm³/mol. The van der Waals surface area contributed by atoms with Crippen LogP contribution in [0.2, 0.25) is 0 Å². The summed E-state index contributed by atoms with van der Waals surface area (Å²) in [7, 11) is 3.21. The van der Waals surface area contributed by atoms with E-state index in [1.54, 1.807) is 26.3 Å². The summed E-state index contributed by atoms with van der Waals surface area (Å²) in [6.45, 7) is 0.857. The van der Waals surface area contributed by atoms with Crippen molar-refractivity contribution >= 4 is 11.8 Å². The molecule has 0 radical (unpaired) electrons. The summed E-state index contributed by atoms with van der Waals surface area (Å²) < 4.78 is 23.5. The summed E-state index contributed by atoms with van der Waals surface area (Å²) in [6.07, 6.45) is -0.143. The van der Waals surface area contributed by atoms with E-state index in [1.165, 1.54) is 17.0 Å². The molecule has 0 aliphatic carbocycles. The fourth-order valence-electron chi connectivity index (χ4n) is 2.52. The van der Waals surface area contributed by atoms with Crippen LogP contribution in [-0.4, -0.2) is 56.7 Å². The zero-order valence-electron chi connectivity index (χ0n) is 13.3. The molecule has 2 rings (SSSR count). The van der Waals surface area contributed by atoms with Crippen molar-refractivity contribution in [3.63, 3.8) is 0 Å². The van der Waals surface area contributed by atoms with Crippen LogP contribution in [0.5, 0.6) is 0 Å². The van der Waals surface area contributed by atoms with E-state index in [4.69, 9.17) is 9.47 Å². The van der Waals surface area contributed by atoms with Gasteiger partial charge in [-0.05, 0) is 24.1 Å². The van der Waals surface area contributed by atoms with E-state index >= 15 is 0 Å². The quantitative estimate of drug-likeness (QED) is 0.789. The van der Waals surface area contributed by atoms with Crippen molar-refractivity contribution in [1.29, 1.82) is 0 Å². The number of halogens is 1. The van der Waals surface area contributed by atoms with Crippen LogP contribution in [0, 0.1) is 5.82 Å². The largest absolute Gasteiger partial charge is 0.385 e. The molecule has 1 aromatic carbocycles. The number of hydrogen-bond acceptors (Lipinski definition) is 4. The van der Waals surface area contributed by atoms with Gasteiger partial charge in [0.1, 0.15) is 12.4 Å². The lowest BCUT2D eigenvalue weighted by molar-refractivity contribution is -0.162. The number of amides is 2. The third-order valence-corrected chi connectivity index (χ3v) is 3.78. The Morgan fingerprint density at radius 2 is 2.13 bits per heavy atom. The van der Waals surface area contributed by atoms with Crippen LogP contribution in [0.1, 0.15) is 18.0 Å². The van der Waals surface area contributed by atoms with Crippen LogP contribution in [0.15, 0.2) is 24.3 Å². The van der Waals surface area contributed by atoms with Crippen molar-refractivity contribution in [2.75, 3.05) is 33.9 Å². The Hall–Kier alpha value is -1.99. The lowest BCUT2D eigenvalue weighted by Crippen LogP contribution is -2.53. The Bertz CT molecular complexity index is 550. The molecular weight excluding hydrogens is 303 g/mol. The Balaban J connectivity index is 2.13. The molecule has 1 saturated heterocycles. The molecule has 6 nitrogen and oxygen atoms in total. The molecule has 7 heteroatoms. The highest BCUT2D eigenvalue weighted by Gasteiger charge is 2.39. The first-order valence-electron chi connectivity index (χ1n) is 7.44. The van der Waals surface area contributed by atoms with Gasteiger partial charge in [0.15, 0.2) is 6.10 Å². The summed E-state index contributed by atoms with van der Waals surface area (Å²) in [5.41, 5.74) is 0.652. The number of methoxy groups -OCH3 is 1. The molecular formula is C16H21FN2O4. The zero-order chi connectivity index (χ0) is 16.8. The molecule has 1 aliphatic heterocycles. The van der Waals surface area contributed by atoms with Gasteiger partial charge in [-0.15, -0.1) is 0 Å². The Morgan fingerprint density at radius 1 is 1.43 bits per heavy atom. The van der Waals surface area contributed by atoms with Gasteiger partial charge in [-0.2, -0.15) is 0 Å². The van der Waals surface area contributed by atoms with E-state index in [9.17, 15) is 14.0 Å². The molecule has 0 spiro atoms. The minimum atomic E-state index is -0.828. The van der Waals surface area contributed by atoms with Crippen molar-refractivity contribution in [2.45, 2.75) is 18.6 Å². The van der Waals surface area contributed by atoms with Crippen molar-refractivity contribution in [2.24, 2.45) is 0 Å². The van der Waals surface area contributed by atoms with Gasteiger partial charge in [-0.3, -0.25) is 9.59 Å². The molecule has 1 heterocycles. The molecule has 2 amide bonds. The number of ether oxygens (including phenoxy) is 2. The summed E-state index contributed by atoms with van der Waals surface area (Å²) in [4.78, 5) is 25.7. The van der Waals surface area contributed by atoms with Crippen molar-refractivity contribution in [1.82, 2.24) is 10.2 Å². The third-order valence-electron chi connectivity index (χ3n) is 3.78. The number of rotatable bonds is 6. The SMILES string of the molecule is COCCCNC(=O)C1OCC(=O)N(C)C1c1ccc(F)cc1. The molecule has 1 aliphatic rings. The minimum Gasteiger partial charge on any atom is -0.385 e. The predicted octanol–water partition coefficient (Wildman–Crippen LogP) is 0.877. The maximum Gasteiger partial charge on any atom is 0.251 e. The summed E-state index contributed by atoms with van der Waals surface area (Å²) in [5.74, 6) is -0.891. The molecule has 1 aromatic rings. The second-order valence-corrected chi connectivity index (χ2v) is 5.37. The number of carbonyl (C=O) groups is 2. The highest BCUT2D eigenvalue weighted by molar-refractivity contribution is 5.86. The number of hydrogen-bond donors (Lipinski definition) is 1. The lowest BCUT2D eigenvalue weighted by atomic mass is 9.97. The second-order valence-electron chi connectivity index (χ2n) is 5.37. The summed E-state index contributed by atoms with van der Waals surface area (Å²) in [6, 6.07) is 5.14. The fraction of sp³-hybridized carbons (Fsp3) is 0.500. The number of nitrogens with zero attached hydrogens (tertiary/aromatic N) is 1. The average molecular weight is 324 g/mol. The molecule has 23 heavy (non-hydrogen) atoms. The fourth-order valence-corrected chi connectivity index (χ4v) is 2.52. The first kappa shape index (κ1) is 17.4. The van der Waals surface area contributed by atoms with Crippen molar-refractivity contribution in [3.8, 4) is 0 Å². The van der Waals surface area contributed by atoms with Gasteiger partial charge in [0, 0.05) is 27.3 Å². The standard InChI is InChI=1S/C16H21FN2O4/c1-19-13(20)10-23-15(16(21)18-8-3-9-22-2)14(19)11-4-6-12(17)7-5-11/h4-7,14-15H,3,8-10H2,1-2H3,(H,18,21). The van der Waals surface area contributed by atoms with Crippen LogP contribution in [0.4, 0.5) is 4.39 Å². The number of nitrogens with one attached hydrogen (secondary N) is 1. The molecule has 1 N–H and O–H groups in total. The maximum absolute atomic E-state index is 13.1. The van der Waals surface area contributed by atoms with Gasteiger partial charge in [-0.1, -0.05) is 12.1 Å². The second kappa shape index (κ2) is 8.03. The smallest absolute Gasteiger partial charge is 0.251 e. The molecule has 0 bridgehead atoms. The normalized spacial score (nSPS) is 21.3. The molecule has 0 aromatic heterocycles. The molecule has 2 unspecified atom stereocenters. The Morgan fingerprint density at radius 3 is 2.78 bits per heavy atom. The molecule has 1 fully saturated rings. The third kappa shape index (κ3) is 4.27. The Kier molecular flexibility index (Phi) is 6.06. The van der Waals surface area contributed by atoms with Crippen molar-refractivity contribution < 1.29 is 23.5 Å². The monoisotopic (exact) mass is 324 g/mol. The van der Waals surface area contributed by atoms with E-state index in [2.05, 4.69) is 5.32 Å². The van der Waals surface area contributed by atoms with Gasteiger partial charge in [0.05, 0.1) is 6.04 Å². The minimum absolute atomic E-state index is 0.148. The molecule has 126 valence electrons. The topological polar surface area (TPSA) is 67.9 Å². The van der Waals surface area contributed by atoms with Crippen molar-refractivity contribution in [3.05, 3.63) is 35.6 Å². The highest BCUT2D eigenvalue weighted by Crippen LogP contribution is 2.29. The lowest BCUT2D eigenvalue weighted by Gasteiger charge is -2.38. The summed E-state index contributed by atoms with van der Waals surface area (Å²) in [5, 5.41) is 2.78. The number of benzene rings is 1. The number of morpholine rings is 1. The van der Waals surface area contributed by atoms with Crippen LogP contribution < -0.4 is 5.32 Å². The number of carbonyl (C=O) groups excluding carboxylic acids is 2. The zero-order valence-corrected chi connectivity index (χ0v) is 13.3. The summed E-state index contributed by atoms with van der Waals surface area (Å²) >= 11 is 0. The van der Waals surface area contributed by atoms with Gasteiger partial charge in [-0.25, -0.2) is 4.39 Å². The van der Waals surface area contributed by atoms with Gasteiger partial charge < -0.3 is 19.7 Å². The van der Waals surface area contributed by atoms with E-state index < -0.39 is 12.1 Å². The van der Waals surface area contributed by atoms with E-state index in [1.807, 2.05) is 0 Å². The van der Waals surface area contributed by atoms with E-state index in [-0.39, 0.29) is 24.2 Å². The van der Waals surface area contributed by atoms with Gasteiger partial charge in [0.25, 0.3) is 5.91 Å². The van der Waals surface area contributed by atoms with Crippen LogP contribution in [0.25, 0.3) is 0 Å². The van der Waals surface area contributed by atoms with Crippen LogP contribution in [-0.2, 0) is 19.1 Å². The van der Waals surface area contributed by atoms with Gasteiger partial charge >= 0.3 is 0 Å². The molecule has 0 saturated carbocycles. The number of likely N-dealkylation sites (N-methyl/N-ethyl adjacent to an activating group) is 1. The van der Waals surface area contributed by atoms with Crippen LogP contribution in [0.3, 0.4) is 0 Å². The maximum atomic E-state index is 13.1. The van der Waals surface area contributed by atoms with Gasteiger partial charge in [0.2, 0.25) is 5.91 Å².